The van der Waals surface area contributed by atoms with Crippen LogP contribution in [0.2, 0.25) is 5.15 Å². The van der Waals surface area contributed by atoms with Crippen molar-refractivity contribution in [3.05, 3.63) is 17.4 Å². The second-order valence-electron chi connectivity index (χ2n) is 2.84. The van der Waals surface area contributed by atoms with E-state index >= 15 is 0 Å². The van der Waals surface area contributed by atoms with Gasteiger partial charge in [0.15, 0.2) is 10.3 Å². The number of rotatable bonds is 2. The van der Waals surface area contributed by atoms with E-state index in [2.05, 4.69) is 20.3 Å². The smallest absolute Gasteiger partial charge is 0.187 e. The molecule has 78 valence electrons. The summed E-state index contributed by atoms with van der Waals surface area (Å²) in [5.41, 5.74) is 0.690. The molecule has 0 aromatic carbocycles. The van der Waals surface area contributed by atoms with Crippen LogP contribution in [0, 0.1) is 0 Å². The van der Waals surface area contributed by atoms with E-state index < -0.39 is 0 Å². The van der Waals surface area contributed by atoms with Crippen LogP contribution in [-0.4, -0.2) is 28.3 Å². The lowest BCUT2D eigenvalue weighted by Crippen LogP contribution is -1.95. The highest BCUT2D eigenvalue weighted by molar-refractivity contribution is 7.98. The molecule has 6 heteroatoms. The average Bonchev–Trinajstić information content (AvgIpc) is 2.28. The summed E-state index contributed by atoms with van der Waals surface area (Å²) < 4.78 is 0. The minimum Gasteiger partial charge on any atom is -0.373 e. The van der Waals surface area contributed by atoms with Gasteiger partial charge in [0.2, 0.25) is 0 Å². The molecular weight excluding hydrogens is 232 g/mol. The predicted octanol–water partition coefficient (Wildman–Crippen LogP) is 2.44. The van der Waals surface area contributed by atoms with Crippen LogP contribution in [0.1, 0.15) is 0 Å². The highest BCUT2D eigenvalue weighted by Crippen LogP contribution is 2.23. The fourth-order valence-electron chi connectivity index (χ4n) is 1.21. The first-order valence-corrected chi connectivity index (χ1v) is 5.90. The van der Waals surface area contributed by atoms with Crippen LogP contribution in [0.3, 0.4) is 0 Å². The van der Waals surface area contributed by atoms with Gasteiger partial charge in [0.25, 0.3) is 0 Å². The maximum absolute atomic E-state index is 6.02. The van der Waals surface area contributed by atoms with E-state index in [0.717, 1.165) is 5.39 Å². The van der Waals surface area contributed by atoms with Gasteiger partial charge in [0.1, 0.15) is 11.3 Å². The third-order valence-electron chi connectivity index (χ3n) is 1.94. The van der Waals surface area contributed by atoms with Crippen molar-refractivity contribution in [2.45, 2.75) is 5.16 Å². The van der Waals surface area contributed by atoms with Gasteiger partial charge in [-0.3, -0.25) is 0 Å². The molecule has 4 nitrogen and oxygen atoms in total. The normalized spacial score (nSPS) is 10.6. The molecule has 15 heavy (non-hydrogen) atoms. The summed E-state index contributed by atoms with van der Waals surface area (Å²) >= 11 is 7.50. The Morgan fingerprint density at radius 1 is 1.40 bits per heavy atom. The van der Waals surface area contributed by atoms with Crippen molar-refractivity contribution in [1.29, 1.82) is 0 Å². The topological polar surface area (TPSA) is 50.7 Å². The van der Waals surface area contributed by atoms with E-state index in [1.807, 2.05) is 12.3 Å². The van der Waals surface area contributed by atoms with E-state index in [9.17, 15) is 0 Å². The minimum absolute atomic E-state index is 0.398. The van der Waals surface area contributed by atoms with E-state index in [4.69, 9.17) is 11.6 Å². The van der Waals surface area contributed by atoms with E-state index in [-0.39, 0.29) is 0 Å². The molecule has 2 heterocycles. The van der Waals surface area contributed by atoms with Crippen molar-refractivity contribution in [3.63, 3.8) is 0 Å². The number of thioether (sulfide) groups is 1. The number of nitrogens with one attached hydrogen (secondary N) is 1. The first-order chi connectivity index (χ1) is 7.24. The third kappa shape index (κ3) is 1.98. The molecule has 2 aromatic rings. The molecule has 0 saturated heterocycles. The van der Waals surface area contributed by atoms with Gasteiger partial charge in [-0.05, 0) is 12.3 Å². The van der Waals surface area contributed by atoms with Gasteiger partial charge in [-0.25, -0.2) is 15.0 Å². The molecule has 0 atom stereocenters. The van der Waals surface area contributed by atoms with Crippen LogP contribution in [0.5, 0.6) is 0 Å². The average molecular weight is 241 g/mol. The molecule has 2 aromatic heterocycles. The summed E-state index contributed by atoms with van der Waals surface area (Å²) in [6.45, 7) is 0. The van der Waals surface area contributed by atoms with Gasteiger partial charge in [-0.15, -0.1) is 0 Å². The number of hydrogen-bond acceptors (Lipinski definition) is 5. The predicted molar refractivity (Wildman–Crippen MR) is 63.7 cm³/mol. The molecule has 0 aliphatic heterocycles. The van der Waals surface area contributed by atoms with Crippen molar-refractivity contribution in [2.75, 3.05) is 18.6 Å². The quantitative estimate of drug-likeness (QED) is 0.496. The number of nitrogens with zero attached hydrogens (tertiary/aromatic N) is 3. The summed E-state index contributed by atoms with van der Waals surface area (Å²) in [4.78, 5) is 12.6. The van der Waals surface area contributed by atoms with E-state index in [1.54, 1.807) is 13.2 Å². The molecule has 0 bridgehead atoms. The number of hydrogen-bond donors (Lipinski definition) is 1. The van der Waals surface area contributed by atoms with Crippen molar-refractivity contribution in [3.8, 4) is 0 Å². The largest absolute Gasteiger partial charge is 0.373 e. The summed E-state index contributed by atoms with van der Waals surface area (Å²) in [5.74, 6) is 0.716. The lowest BCUT2D eigenvalue weighted by Gasteiger charge is -2.04. The zero-order valence-electron chi connectivity index (χ0n) is 8.28. The summed E-state index contributed by atoms with van der Waals surface area (Å²) in [6, 6.07) is 1.87. The van der Waals surface area contributed by atoms with Gasteiger partial charge < -0.3 is 5.32 Å². The maximum atomic E-state index is 6.02. The molecule has 0 unspecified atom stereocenters. The lowest BCUT2D eigenvalue weighted by molar-refractivity contribution is 1.00. The number of aromatic nitrogens is 3. The molecule has 1 N–H and O–H groups in total. The first-order valence-electron chi connectivity index (χ1n) is 4.29. The van der Waals surface area contributed by atoms with Crippen LogP contribution < -0.4 is 5.32 Å². The van der Waals surface area contributed by atoms with Crippen molar-refractivity contribution < 1.29 is 0 Å². The Bertz CT molecular complexity index is 503. The van der Waals surface area contributed by atoms with Crippen LogP contribution in [0.4, 0.5) is 5.82 Å². The Hall–Kier alpha value is -1.07. The Morgan fingerprint density at radius 2 is 2.20 bits per heavy atom. The zero-order chi connectivity index (χ0) is 10.8. The second kappa shape index (κ2) is 4.20. The molecule has 2 rings (SSSR count). The molecule has 0 fully saturated rings. The molecule has 0 radical (unpaired) electrons. The van der Waals surface area contributed by atoms with Crippen molar-refractivity contribution >= 4 is 40.1 Å². The summed E-state index contributed by atoms with van der Waals surface area (Å²) in [6.07, 6.45) is 3.67. The highest BCUT2D eigenvalue weighted by Gasteiger charge is 2.06. The summed E-state index contributed by atoms with van der Waals surface area (Å²) in [5, 5.41) is 4.91. The van der Waals surface area contributed by atoms with E-state index in [0.29, 0.717) is 21.6 Å². The fourth-order valence-corrected chi connectivity index (χ4v) is 1.79. The first kappa shape index (κ1) is 10.4. The Kier molecular flexibility index (Phi) is 2.93. The third-order valence-corrected chi connectivity index (χ3v) is 2.77. The van der Waals surface area contributed by atoms with Crippen molar-refractivity contribution in [2.24, 2.45) is 0 Å². The van der Waals surface area contributed by atoms with E-state index in [1.165, 1.54) is 11.8 Å². The molecule has 0 aliphatic carbocycles. The second-order valence-corrected chi connectivity index (χ2v) is 3.97. The zero-order valence-corrected chi connectivity index (χ0v) is 9.85. The van der Waals surface area contributed by atoms with Crippen LogP contribution >= 0.6 is 23.4 Å². The van der Waals surface area contributed by atoms with Gasteiger partial charge in [0, 0.05) is 18.6 Å². The highest BCUT2D eigenvalue weighted by atomic mass is 35.5. The number of anilines is 1. The van der Waals surface area contributed by atoms with Crippen LogP contribution in [0.15, 0.2) is 17.4 Å². The Labute approximate surface area is 96.5 Å². The van der Waals surface area contributed by atoms with Gasteiger partial charge in [-0.2, -0.15) is 0 Å². The summed E-state index contributed by atoms with van der Waals surface area (Å²) in [7, 11) is 1.79. The minimum atomic E-state index is 0.398. The number of halogens is 1. The van der Waals surface area contributed by atoms with Gasteiger partial charge >= 0.3 is 0 Å². The Morgan fingerprint density at radius 3 is 2.87 bits per heavy atom. The van der Waals surface area contributed by atoms with Crippen LogP contribution in [-0.2, 0) is 0 Å². The number of fused-ring (bicyclic) bond motifs is 1. The molecule has 0 aliphatic rings. The molecule has 0 amide bonds. The van der Waals surface area contributed by atoms with Gasteiger partial charge in [-0.1, -0.05) is 23.4 Å². The van der Waals surface area contributed by atoms with Crippen molar-refractivity contribution in [1.82, 2.24) is 15.0 Å². The molecular formula is C9H9ClN4S. The van der Waals surface area contributed by atoms with Crippen LogP contribution in [0.25, 0.3) is 10.9 Å². The fraction of sp³-hybridized carbons (Fsp3) is 0.222. The Balaban J connectivity index is 2.68. The maximum Gasteiger partial charge on any atom is 0.187 e. The number of pyridine rings is 1. The molecule has 0 spiro atoms. The monoisotopic (exact) mass is 240 g/mol. The SMILES string of the molecule is CNc1cc2cnc(SC)nc2c(Cl)n1. The lowest BCUT2D eigenvalue weighted by atomic mass is 10.3. The molecule has 0 saturated carbocycles. The van der Waals surface area contributed by atoms with Gasteiger partial charge in [0.05, 0.1) is 0 Å². The standard InChI is InChI=1S/C9H9ClN4S/c1-11-6-3-5-4-12-9(15-2)14-7(5)8(10)13-6/h3-4H,1-2H3,(H,11,13).